The third-order valence-corrected chi connectivity index (χ3v) is 4.34. The zero-order valence-corrected chi connectivity index (χ0v) is 12.5. The average molecular weight is 296 g/mol. The van der Waals surface area contributed by atoms with Gasteiger partial charge in [-0.15, -0.1) is 11.3 Å². The molecule has 1 heterocycles. The number of ether oxygens (including phenoxy) is 1. The van der Waals surface area contributed by atoms with Crippen LogP contribution in [-0.2, 0) is 20.7 Å². The van der Waals surface area contributed by atoms with Gasteiger partial charge in [0.1, 0.15) is 0 Å². The molecule has 0 unspecified atom stereocenters. The van der Waals surface area contributed by atoms with Gasteiger partial charge in [-0.25, -0.2) is 4.98 Å². The molecule has 0 spiro atoms. The quantitative estimate of drug-likeness (QED) is 0.786. The Morgan fingerprint density at radius 2 is 2.30 bits per heavy atom. The number of methoxy groups -OCH3 is 1. The van der Waals surface area contributed by atoms with Crippen molar-refractivity contribution in [3.63, 3.8) is 0 Å². The van der Waals surface area contributed by atoms with E-state index in [9.17, 15) is 9.59 Å². The highest BCUT2D eigenvalue weighted by molar-refractivity contribution is 7.13. The number of hydrogen-bond donors (Lipinski definition) is 1. The monoisotopic (exact) mass is 296 g/mol. The van der Waals surface area contributed by atoms with Crippen LogP contribution in [0, 0.1) is 5.92 Å². The highest BCUT2D eigenvalue weighted by Gasteiger charge is 2.21. The number of hydrogen-bond acceptors (Lipinski definition) is 5. The van der Waals surface area contributed by atoms with Crippen molar-refractivity contribution in [1.29, 1.82) is 0 Å². The topological polar surface area (TPSA) is 68.3 Å². The second-order valence-corrected chi connectivity index (χ2v) is 5.98. The number of carbonyl (C=O) groups excluding carboxylic acids is 2. The molecule has 110 valence electrons. The molecule has 0 aliphatic heterocycles. The van der Waals surface area contributed by atoms with E-state index < -0.39 is 0 Å². The minimum Gasteiger partial charge on any atom is -0.469 e. The fourth-order valence-corrected chi connectivity index (χ4v) is 2.89. The van der Waals surface area contributed by atoms with E-state index in [0.717, 1.165) is 12.1 Å². The third-order valence-electron chi connectivity index (χ3n) is 3.54. The predicted molar refractivity (Wildman–Crippen MR) is 77.7 cm³/mol. The van der Waals surface area contributed by atoms with Gasteiger partial charge in [0.05, 0.1) is 12.8 Å². The van der Waals surface area contributed by atoms with Gasteiger partial charge in [0.25, 0.3) is 0 Å². The summed E-state index contributed by atoms with van der Waals surface area (Å²) in [6.07, 6.45) is 6.04. The van der Waals surface area contributed by atoms with E-state index in [4.69, 9.17) is 0 Å². The maximum Gasteiger partial charge on any atom is 0.305 e. The number of esters is 1. The minimum atomic E-state index is -0.200. The van der Waals surface area contributed by atoms with Crippen LogP contribution < -0.4 is 5.32 Å². The lowest BCUT2D eigenvalue weighted by Gasteiger charge is -2.24. The Kier molecular flexibility index (Phi) is 5.52. The molecule has 1 aromatic rings. The smallest absolute Gasteiger partial charge is 0.305 e. The van der Waals surface area contributed by atoms with Crippen LogP contribution in [0.4, 0.5) is 5.13 Å². The number of nitrogens with zero attached hydrogens (tertiary/aromatic N) is 1. The molecule has 0 aromatic carbocycles. The first-order chi connectivity index (χ1) is 9.67. The lowest BCUT2D eigenvalue weighted by atomic mass is 9.83. The lowest BCUT2D eigenvalue weighted by Crippen LogP contribution is -2.20. The summed E-state index contributed by atoms with van der Waals surface area (Å²) in [4.78, 5) is 27.1. The summed E-state index contributed by atoms with van der Waals surface area (Å²) in [6, 6.07) is 0. The highest BCUT2D eigenvalue weighted by Crippen LogP contribution is 2.29. The van der Waals surface area contributed by atoms with Crippen molar-refractivity contribution in [1.82, 2.24) is 4.98 Å². The van der Waals surface area contributed by atoms with Crippen LogP contribution in [0.5, 0.6) is 0 Å². The van der Waals surface area contributed by atoms with Gasteiger partial charge >= 0.3 is 5.97 Å². The molecule has 1 fully saturated rings. The average Bonchev–Trinajstić information content (AvgIpc) is 2.81. The van der Waals surface area contributed by atoms with Crippen LogP contribution >= 0.6 is 11.3 Å². The van der Waals surface area contributed by atoms with Crippen molar-refractivity contribution >= 4 is 28.3 Å². The molecule has 1 aromatic heterocycles. The van der Waals surface area contributed by atoms with E-state index in [-0.39, 0.29) is 11.9 Å². The number of amides is 1. The molecule has 0 saturated heterocycles. The van der Waals surface area contributed by atoms with E-state index >= 15 is 0 Å². The van der Waals surface area contributed by atoms with E-state index in [0.29, 0.717) is 30.3 Å². The maximum absolute atomic E-state index is 11.8. The Morgan fingerprint density at radius 1 is 1.50 bits per heavy atom. The summed E-state index contributed by atoms with van der Waals surface area (Å²) in [6.45, 7) is 0. The van der Waals surface area contributed by atoms with Gasteiger partial charge in [-0.2, -0.15) is 0 Å². The first kappa shape index (κ1) is 15.0. The molecule has 0 radical (unpaired) electrons. The van der Waals surface area contributed by atoms with Crippen molar-refractivity contribution in [3.05, 3.63) is 11.1 Å². The Bertz CT molecular complexity index is 469. The highest BCUT2D eigenvalue weighted by atomic mass is 32.1. The molecule has 6 heteroatoms. The fraction of sp³-hybridized carbons (Fsp3) is 0.643. The number of carbonyl (C=O) groups is 2. The van der Waals surface area contributed by atoms with Crippen molar-refractivity contribution < 1.29 is 14.3 Å². The normalized spacial score (nSPS) is 14.7. The number of aromatic nitrogens is 1. The summed E-state index contributed by atoms with van der Waals surface area (Å²) < 4.78 is 4.59. The van der Waals surface area contributed by atoms with Crippen LogP contribution in [0.15, 0.2) is 5.38 Å². The number of aryl methyl sites for hydroxylation is 1. The second kappa shape index (κ2) is 7.38. The Morgan fingerprint density at radius 3 is 2.95 bits per heavy atom. The lowest BCUT2D eigenvalue weighted by molar-refractivity contribution is -0.140. The SMILES string of the molecule is COC(=O)CCCc1csc(NC(=O)CC2CCC2)n1. The Hall–Kier alpha value is -1.43. The first-order valence-corrected chi connectivity index (χ1v) is 7.86. The van der Waals surface area contributed by atoms with Gasteiger partial charge in [0.2, 0.25) is 5.91 Å². The molecule has 1 saturated carbocycles. The van der Waals surface area contributed by atoms with E-state index in [2.05, 4.69) is 15.0 Å². The number of anilines is 1. The zero-order chi connectivity index (χ0) is 14.4. The van der Waals surface area contributed by atoms with Crippen LogP contribution in [0.3, 0.4) is 0 Å². The molecular weight excluding hydrogens is 276 g/mol. The molecule has 20 heavy (non-hydrogen) atoms. The van der Waals surface area contributed by atoms with Crippen LogP contribution in [0.25, 0.3) is 0 Å². The first-order valence-electron chi connectivity index (χ1n) is 6.98. The molecule has 5 nitrogen and oxygen atoms in total. The van der Waals surface area contributed by atoms with Gasteiger partial charge < -0.3 is 10.1 Å². The molecule has 2 rings (SSSR count). The minimum absolute atomic E-state index is 0.0603. The van der Waals surface area contributed by atoms with Crippen LogP contribution in [0.1, 0.15) is 44.2 Å². The van der Waals surface area contributed by atoms with E-state index in [1.165, 1.54) is 37.7 Å². The van der Waals surface area contributed by atoms with Gasteiger partial charge in [0.15, 0.2) is 5.13 Å². The summed E-state index contributed by atoms with van der Waals surface area (Å²) >= 11 is 1.44. The van der Waals surface area contributed by atoms with Crippen molar-refractivity contribution in [2.45, 2.75) is 44.9 Å². The van der Waals surface area contributed by atoms with Gasteiger partial charge in [0, 0.05) is 18.2 Å². The molecule has 0 atom stereocenters. The summed E-state index contributed by atoms with van der Waals surface area (Å²) in [5.41, 5.74) is 0.915. The summed E-state index contributed by atoms with van der Waals surface area (Å²) in [7, 11) is 1.39. The van der Waals surface area contributed by atoms with Gasteiger partial charge in [-0.1, -0.05) is 6.42 Å². The molecule has 1 amide bonds. The van der Waals surface area contributed by atoms with Crippen molar-refractivity contribution in [3.8, 4) is 0 Å². The standard InChI is InChI=1S/C14H20N2O3S/c1-19-13(18)7-3-6-11-9-20-14(15-11)16-12(17)8-10-4-2-5-10/h9-10H,2-8H2,1H3,(H,15,16,17). The molecule has 1 aliphatic carbocycles. The molecular formula is C14H20N2O3S. The zero-order valence-electron chi connectivity index (χ0n) is 11.7. The van der Waals surface area contributed by atoms with E-state index in [1.807, 2.05) is 5.38 Å². The van der Waals surface area contributed by atoms with E-state index in [1.54, 1.807) is 0 Å². The predicted octanol–water partition coefficient (Wildman–Crippen LogP) is 2.77. The fourth-order valence-electron chi connectivity index (χ4n) is 2.12. The largest absolute Gasteiger partial charge is 0.469 e. The molecule has 0 bridgehead atoms. The summed E-state index contributed by atoms with van der Waals surface area (Å²) in [5.74, 6) is 0.425. The molecule has 1 N–H and O–H groups in total. The Labute approximate surface area is 122 Å². The van der Waals surface area contributed by atoms with Crippen LogP contribution in [-0.4, -0.2) is 24.0 Å². The van der Waals surface area contributed by atoms with Crippen molar-refractivity contribution in [2.75, 3.05) is 12.4 Å². The van der Waals surface area contributed by atoms with Crippen LogP contribution in [0.2, 0.25) is 0 Å². The molecule has 1 aliphatic rings. The number of thiazole rings is 1. The van der Waals surface area contributed by atoms with Gasteiger partial charge in [-0.05, 0) is 31.6 Å². The number of nitrogens with one attached hydrogen (secondary N) is 1. The third kappa shape index (κ3) is 4.59. The maximum atomic E-state index is 11.8. The second-order valence-electron chi connectivity index (χ2n) is 5.12. The summed E-state index contributed by atoms with van der Waals surface area (Å²) in [5, 5.41) is 5.43. The number of rotatable bonds is 7. The Balaban J connectivity index is 1.70. The van der Waals surface area contributed by atoms with Gasteiger partial charge in [-0.3, -0.25) is 9.59 Å². The van der Waals surface area contributed by atoms with Crippen molar-refractivity contribution in [2.24, 2.45) is 5.92 Å².